The summed E-state index contributed by atoms with van der Waals surface area (Å²) < 4.78 is 25.8. The van der Waals surface area contributed by atoms with E-state index in [0.717, 1.165) is 18.8 Å². The molecular weight excluding hydrogens is 272 g/mol. The summed E-state index contributed by atoms with van der Waals surface area (Å²) in [6, 6.07) is 0.392. The van der Waals surface area contributed by atoms with Gasteiger partial charge in [-0.3, -0.25) is 4.57 Å². The van der Waals surface area contributed by atoms with Crippen molar-refractivity contribution in [2.45, 2.75) is 31.8 Å². The van der Waals surface area contributed by atoms with Crippen molar-refractivity contribution in [3.63, 3.8) is 0 Å². The van der Waals surface area contributed by atoms with Crippen molar-refractivity contribution >= 4 is 28.0 Å². The summed E-state index contributed by atoms with van der Waals surface area (Å²) in [6.45, 7) is 2.42. The van der Waals surface area contributed by atoms with Crippen LogP contribution in [-0.4, -0.2) is 47.3 Å². The van der Waals surface area contributed by atoms with E-state index >= 15 is 0 Å². The quantitative estimate of drug-likeness (QED) is 0.819. The number of hydrogen-bond donors (Lipinski definition) is 1. The fourth-order valence-corrected chi connectivity index (χ4v) is 4.29. The zero-order chi connectivity index (χ0) is 12.9. The van der Waals surface area contributed by atoms with Gasteiger partial charge in [0.15, 0.2) is 14.6 Å². The second-order valence-electron chi connectivity index (χ2n) is 5.09. The predicted octanol–water partition coefficient (Wildman–Crippen LogP) is 0.899. The average Bonchev–Trinajstić information content (AvgIpc) is 3.02. The van der Waals surface area contributed by atoms with Gasteiger partial charge in [0, 0.05) is 18.6 Å². The SMILES string of the molecule is CC1CS(=O)(=O)CCN1c1n[nH]c(=S)n1C1CC1. The van der Waals surface area contributed by atoms with Gasteiger partial charge in [0.1, 0.15) is 0 Å². The van der Waals surface area contributed by atoms with Gasteiger partial charge >= 0.3 is 0 Å². The number of anilines is 1. The lowest BCUT2D eigenvalue weighted by Crippen LogP contribution is -2.48. The molecule has 0 aromatic carbocycles. The number of sulfone groups is 1. The molecule has 1 aromatic heterocycles. The third-order valence-electron chi connectivity index (χ3n) is 3.53. The second-order valence-corrected chi connectivity index (χ2v) is 7.70. The van der Waals surface area contributed by atoms with E-state index in [9.17, 15) is 8.42 Å². The zero-order valence-electron chi connectivity index (χ0n) is 10.2. The first-order valence-electron chi connectivity index (χ1n) is 6.12. The number of H-pyrrole nitrogens is 1. The van der Waals surface area contributed by atoms with Gasteiger partial charge in [0.25, 0.3) is 0 Å². The fourth-order valence-electron chi connectivity index (χ4n) is 2.46. The highest BCUT2D eigenvalue weighted by molar-refractivity contribution is 7.91. The van der Waals surface area contributed by atoms with Gasteiger partial charge in [0.2, 0.25) is 5.95 Å². The Morgan fingerprint density at radius 1 is 1.44 bits per heavy atom. The van der Waals surface area contributed by atoms with E-state index in [0.29, 0.717) is 17.4 Å². The minimum atomic E-state index is -2.90. The van der Waals surface area contributed by atoms with E-state index in [1.165, 1.54) is 0 Å². The highest BCUT2D eigenvalue weighted by atomic mass is 32.2. The number of rotatable bonds is 2. The fraction of sp³-hybridized carbons (Fsp3) is 0.800. The summed E-state index contributed by atoms with van der Waals surface area (Å²) in [6.07, 6.45) is 2.25. The Kier molecular flexibility index (Phi) is 2.74. The lowest BCUT2D eigenvalue weighted by atomic mass is 10.3. The summed E-state index contributed by atoms with van der Waals surface area (Å²) in [5.74, 6) is 1.18. The summed E-state index contributed by atoms with van der Waals surface area (Å²) in [4.78, 5) is 2.05. The number of nitrogens with zero attached hydrogens (tertiary/aromatic N) is 3. The van der Waals surface area contributed by atoms with E-state index in [-0.39, 0.29) is 17.5 Å². The molecule has 0 bridgehead atoms. The maximum Gasteiger partial charge on any atom is 0.226 e. The summed E-state index contributed by atoms with van der Waals surface area (Å²) in [7, 11) is -2.90. The van der Waals surface area contributed by atoms with Gasteiger partial charge in [-0.1, -0.05) is 0 Å². The van der Waals surface area contributed by atoms with Crippen molar-refractivity contribution < 1.29 is 8.42 Å². The Morgan fingerprint density at radius 3 is 2.78 bits per heavy atom. The first-order valence-corrected chi connectivity index (χ1v) is 8.35. The van der Waals surface area contributed by atoms with Crippen molar-refractivity contribution in [2.75, 3.05) is 23.0 Å². The third-order valence-corrected chi connectivity index (χ3v) is 5.61. The molecule has 0 amide bonds. The van der Waals surface area contributed by atoms with Gasteiger partial charge in [0.05, 0.1) is 11.5 Å². The van der Waals surface area contributed by atoms with Gasteiger partial charge in [-0.15, -0.1) is 5.10 Å². The van der Waals surface area contributed by atoms with Crippen LogP contribution in [0.1, 0.15) is 25.8 Å². The number of aromatic amines is 1. The van der Waals surface area contributed by atoms with Crippen LogP contribution in [0.25, 0.3) is 0 Å². The monoisotopic (exact) mass is 288 g/mol. The molecule has 1 aliphatic carbocycles. The van der Waals surface area contributed by atoms with Crippen LogP contribution in [0.5, 0.6) is 0 Å². The zero-order valence-corrected chi connectivity index (χ0v) is 11.8. The van der Waals surface area contributed by atoms with Crippen molar-refractivity contribution in [2.24, 2.45) is 0 Å². The number of aromatic nitrogens is 3. The highest BCUT2D eigenvalue weighted by Crippen LogP contribution is 2.38. The molecule has 2 fully saturated rings. The molecule has 1 saturated carbocycles. The molecule has 0 spiro atoms. The maximum absolute atomic E-state index is 11.6. The molecule has 8 heteroatoms. The number of hydrogen-bond acceptors (Lipinski definition) is 5. The van der Waals surface area contributed by atoms with Crippen LogP contribution in [0.15, 0.2) is 0 Å². The largest absolute Gasteiger partial charge is 0.336 e. The molecule has 1 aliphatic heterocycles. The molecule has 0 radical (unpaired) electrons. The van der Waals surface area contributed by atoms with E-state index < -0.39 is 9.84 Å². The van der Waals surface area contributed by atoms with Crippen LogP contribution in [-0.2, 0) is 9.84 Å². The van der Waals surface area contributed by atoms with E-state index in [4.69, 9.17) is 12.2 Å². The van der Waals surface area contributed by atoms with Crippen LogP contribution in [0.2, 0.25) is 0 Å². The van der Waals surface area contributed by atoms with E-state index in [1.54, 1.807) is 0 Å². The van der Waals surface area contributed by atoms with Crippen LogP contribution in [0.3, 0.4) is 0 Å². The summed E-state index contributed by atoms with van der Waals surface area (Å²) in [5.41, 5.74) is 0. The van der Waals surface area contributed by atoms with E-state index in [2.05, 4.69) is 10.2 Å². The Balaban J connectivity index is 1.94. The van der Waals surface area contributed by atoms with Crippen LogP contribution < -0.4 is 4.90 Å². The molecule has 1 unspecified atom stereocenters. The molecule has 2 aliphatic rings. The molecule has 1 aromatic rings. The summed E-state index contributed by atoms with van der Waals surface area (Å²) in [5, 5.41) is 7.10. The Hall–Kier alpha value is -0.890. The normalized spacial score (nSPS) is 27.4. The maximum atomic E-state index is 11.6. The standard InChI is InChI=1S/C10H16N4O2S2/c1-7-6-18(15,16)5-4-13(7)9-11-12-10(17)14(9)8-2-3-8/h7-8H,2-6H2,1H3,(H,12,17). The second kappa shape index (κ2) is 4.06. The smallest absolute Gasteiger partial charge is 0.226 e. The van der Waals surface area contributed by atoms with Crippen molar-refractivity contribution in [3.05, 3.63) is 4.77 Å². The first kappa shape index (κ1) is 12.2. The molecule has 6 nitrogen and oxygen atoms in total. The first-order chi connectivity index (χ1) is 8.48. The lowest BCUT2D eigenvalue weighted by Gasteiger charge is -2.33. The predicted molar refractivity (Wildman–Crippen MR) is 71.1 cm³/mol. The molecule has 18 heavy (non-hydrogen) atoms. The van der Waals surface area contributed by atoms with Crippen LogP contribution >= 0.6 is 12.2 Å². The van der Waals surface area contributed by atoms with Gasteiger partial charge in [-0.2, -0.15) is 0 Å². The topological polar surface area (TPSA) is 71.0 Å². The van der Waals surface area contributed by atoms with Crippen LogP contribution in [0, 0.1) is 4.77 Å². The van der Waals surface area contributed by atoms with Gasteiger partial charge < -0.3 is 4.90 Å². The Morgan fingerprint density at radius 2 is 2.17 bits per heavy atom. The van der Waals surface area contributed by atoms with Crippen molar-refractivity contribution in [1.29, 1.82) is 0 Å². The minimum absolute atomic E-state index is 0.0496. The van der Waals surface area contributed by atoms with E-state index in [1.807, 2.05) is 16.4 Å². The molecule has 1 saturated heterocycles. The Bertz CT molecular complexity index is 614. The average molecular weight is 288 g/mol. The van der Waals surface area contributed by atoms with Gasteiger partial charge in [-0.25, -0.2) is 13.5 Å². The molecule has 3 rings (SSSR count). The molecule has 1 atom stereocenters. The lowest BCUT2D eigenvalue weighted by molar-refractivity contribution is 0.558. The molecule has 1 N–H and O–H groups in total. The third kappa shape index (κ3) is 2.07. The van der Waals surface area contributed by atoms with Crippen molar-refractivity contribution in [1.82, 2.24) is 14.8 Å². The van der Waals surface area contributed by atoms with Crippen LogP contribution in [0.4, 0.5) is 5.95 Å². The minimum Gasteiger partial charge on any atom is -0.336 e. The number of nitrogens with one attached hydrogen (secondary N) is 1. The molecular formula is C10H16N4O2S2. The van der Waals surface area contributed by atoms with Crippen molar-refractivity contribution in [3.8, 4) is 0 Å². The molecule has 100 valence electrons. The molecule has 2 heterocycles. The van der Waals surface area contributed by atoms with Gasteiger partial charge in [-0.05, 0) is 32.0 Å². The highest BCUT2D eigenvalue weighted by Gasteiger charge is 2.34. The summed E-state index contributed by atoms with van der Waals surface area (Å²) >= 11 is 5.24. The Labute approximate surface area is 111 Å².